The van der Waals surface area contributed by atoms with Gasteiger partial charge in [0.05, 0.1) is 17.7 Å². The van der Waals surface area contributed by atoms with Gasteiger partial charge >= 0.3 is 11.5 Å². The van der Waals surface area contributed by atoms with Gasteiger partial charge in [-0.3, -0.25) is 0 Å². The number of nitrogens with zero attached hydrogens (tertiary/aromatic N) is 1. The second-order valence-corrected chi connectivity index (χ2v) is 4.74. The molecule has 0 saturated carbocycles. The van der Waals surface area contributed by atoms with Gasteiger partial charge in [-0.2, -0.15) is 18.4 Å². The van der Waals surface area contributed by atoms with Crippen LogP contribution in [0.4, 0.5) is 13.2 Å². The first kappa shape index (κ1) is 15.7. The van der Waals surface area contributed by atoms with Gasteiger partial charge in [0, 0.05) is 9.79 Å². The van der Waals surface area contributed by atoms with Crippen molar-refractivity contribution >= 4 is 30.4 Å². The zero-order valence-corrected chi connectivity index (χ0v) is 11.3. The highest BCUT2D eigenvalue weighted by atomic mass is 32.2. The van der Waals surface area contributed by atoms with Crippen LogP contribution in [0.1, 0.15) is 22.8 Å². The lowest BCUT2D eigenvalue weighted by atomic mass is 10.1. The molecule has 1 rings (SSSR count). The topological polar surface area (TPSA) is 50.1 Å². The third-order valence-corrected chi connectivity index (χ3v) is 3.44. The summed E-state index contributed by atoms with van der Waals surface area (Å²) < 4.78 is 42.1. The summed E-state index contributed by atoms with van der Waals surface area (Å²) in [6.45, 7) is 1.58. The van der Waals surface area contributed by atoms with Crippen LogP contribution in [0.25, 0.3) is 0 Å². The van der Waals surface area contributed by atoms with E-state index in [0.29, 0.717) is 0 Å². The van der Waals surface area contributed by atoms with Crippen molar-refractivity contribution in [3.63, 3.8) is 0 Å². The minimum Gasteiger partial charge on any atom is -0.462 e. The second-order valence-electron chi connectivity index (χ2n) is 3.22. The summed E-state index contributed by atoms with van der Waals surface area (Å²) >= 11 is 3.39. The average Bonchev–Trinajstić information content (AvgIpc) is 2.30. The Hall–Kier alpha value is -1.33. The van der Waals surface area contributed by atoms with E-state index in [4.69, 9.17) is 5.26 Å². The summed E-state index contributed by atoms with van der Waals surface area (Å²) in [5.41, 5.74) is -4.89. The summed E-state index contributed by atoms with van der Waals surface area (Å²) in [5, 5.41) is 8.77. The molecule has 0 aliphatic heterocycles. The number of carbonyl (C=O) groups is 1. The Labute approximate surface area is 117 Å². The van der Waals surface area contributed by atoms with E-state index in [2.05, 4.69) is 17.4 Å². The number of hydrogen-bond acceptors (Lipinski definition) is 5. The van der Waals surface area contributed by atoms with Gasteiger partial charge in [-0.1, -0.05) is 0 Å². The molecule has 1 aromatic carbocycles. The second kappa shape index (κ2) is 6.21. The van der Waals surface area contributed by atoms with Crippen molar-refractivity contribution in [2.45, 2.75) is 22.2 Å². The molecule has 0 atom stereocenters. The molecule has 0 bridgehead atoms. The zero-order valence-electron chi connectivity index (χ0n) is 9.61. The Morgan fingerprint density at radius 3 is 2.63 bits per heavy atom. The van der Waals surface area contributed by atoms with E-state index in [9.17, 15) is 18.0 Å². The van der Waals surface area contributed by atoms with E-state index in [1.807, 2.05) is 0 Å². The average molecular weight is 307 g/mol. The smallest absolute Gasteiger partial charge is 0.446 e. The van der Waals surface area contributed by atoms with Gasteiger partial charge < -0.3 is 4.74 Å². The van der Waals surface area contributed by atoms with E-state index in [-0.39, 0.29) is 22.6 Å². The fourth-order valence-corrected chi connectivity index (χ4v) is 2.33. The third kappa shape index (κ3) is 4.08. The number of thiol groups is 1. The van der Waals surface area contributed by atoms with Crippen LogP contribution in [-0.2, 0) is 4.74 Å². The van der Waals surface area contributed by atoms with Crippen LogP contribution < -0.4 is 0 Å². The molecule has 0 radical (unpaired) electrons. The van der Waals surface area contributed by atoms with Gasteiger partial charge in [0.25, 0.3) is 0 Å². The van der Waals surface area contributed by atoms with E-state index in [0.717, 1.165) is 6.07 Å². The lowest BCUT2D eigenvalue weighted by Crippen LogP contribution is -2.10. The van der Waals surface area contributed by atoms with Crippen LogP contribution in [0.5, 0.6) is 0 Å². The van der Waals surface area contributed by atoms with Crippen molar-refractivity contribution < 1.29 is 22.7 Å². The largest absolute Gasteiger partial charge is 0.462 e. The Morgan fingerprint density at radius 2 is 2.16 bits per heavy atom. The van der Waals surface area contributed by atoms with Gasteiger partial charge in [-0.05, 0) is 30.8 Å². The summed E-state index contributed by atoms with van der Waals surface area (Å²) in [6, 6.07) is 4.07. The highest BCUT2D eigenvalue weighted by molar-refractivity contribution is 8.00. The number of halogens is 3. The fraction of sp³-hybridized carbons (Fsp3) is 0.273. The minimum atomic E-state index is -4.59. The molecule has 0 amide bonds. The van der Waals surface area contributed by atoms with Crippen molar-refractivity contribution in [1.82, 2.24) is 0 Å². The molecule has 0 aromatic heterocycles. The van der Waals surface area contributed by atoms with Gasteiger partial charge in [0.1, 0.15) is 6.07 Å². The molecule has 19 heavy (non-hydrogen) atoms. The van der Waals surface area contributed by atoms with Gasteiger partial charge in [-0.15, -0.1) is 12.6 Å². The maximum atomic E-state index is 12.5. The van der Waals surface area contributed by atoms with Crippen LogP contribution in [0.2, 0.25) is 0 Å². The Balaban J connectivity index is 3.35. The number of thioether (sulfide) groups is 1. The Morgan fingerprint density at radius 1 is 1.53 bits per heavy atom. The summed E-state index contributed by atoms with van der Waals surface area (Å²) in [7, 11) is 0. The standard InChI is InChI=1S/C11H8F3NO2S2/c1-2-17-10(16)7-4-3-6(5-15)8(18)9(7)19-11(12,13)14/h3-4,18H,2H2,1H3. The molecule has 0 fully saturated rings. The number of esters is 1. The Bertz CT molecular complexity index is 538. The molecule has 0 aliphatic rings. The first-order valence-corrected chi connectivity index (χ1v) is 6.25. The SMILES string of the molecule is CCOC(=O)c1ccc(C#N)c(S)c1SC(F)(F)F. The monoisotopic (exact) mass is 307 g/mol. The highest BCUT2D eigenvalue weighted by Gasteiger charge is 2.33. The zero-order chi connectivity index (χ0) is 14.6. The van der Waals surface area contributed by atoms with Crippen molar-refractivity contribution in [2.24, 2.45) is 0 Å². The van der Waals surface area contributed by atoms with E-state index < -0.39 is 28.1 Å². The number of nitriles is 1. The number of benzene rings is 1. The van der Waals surface area contributed by atoms with Gasteiger partial charge in [-0.25, -0.2) is 4.79 Å². The predicted octanol–water partition coefficient (Wildman–Crippen LogP) is 3.64. The maximum absolute atomic E-state index is 12.5. The molecule has 1 aromatic rings. The lowest BCUT2D eigenvalue weighted by molar-refractivity contribution is -0.0329. The molecule has 3 nitrogen and oxygen atoms in total. The van der Waals surface area contributed by atoms with Crippen molar-refractivity contribution in [2.75, 3.05) is 6.61 Å². The number of hydrogen-bond donors (Lipinski definition) is 1. The summed E-state index contributed by atoms with van der Waals surface area (Å²) in [5.74, 6) is -0.881. The molecule has 0 spiro atoms. The normalized spacial score (nSPS) is 10.9. The van der Waals surface area contributed by atoms with Crippen LogP contribution in [0.15, 0.2) is 21.9 Å². The summed E-state index contributed by atoms with van der Waals surface area (Å²) in [6.07, 6.45) is 0. The maximum Gasteiger partial charge on any atom is 0.446 e. The molecule has 8 heteroatoms. The number of alkyl halides is 3. The quantitative estimate of drug-likeness (QED) is 0.526. The molecular weight excluding hydrogens is 299 g/mol. The number of rotatable bonds is 3. The number of ether oxygens (including phenoxy) is 1. The first-order valence-electron chi connectivity index (χ1n) is 4.99. The minimum absolute atomic E-state index is 0.0386. The summed E-state index contributed by atoms with van der Waals surface area (Å²) in [4.78, 5) is 11.0. The predicted molar refractivity (Wildman–Crippen MR) is 66.3 cm³/mol. The highest BCUT2D eigenvalue weighted by Crippen LogP contribution is 2.42. The van der Waals surface area contributed by atoms with Crippen molar-refractivity contribution in [3.8, 4) is 6.07 Å². The van der Waals surface area contributed by atoms with E-state index >= 15 is 0 Å². The molecular formula is C11H8F3NO2S2. The molecule has 0 saturated heterocycles. The molecule has 0 aliphatic carbocycles. The van der Waals surface area contributed by atoms with E-state index in [1.165, 1.54) is 6.07 Å². The molecule has 102 valence electrons. The molecule has 0 N–H and O–H groups in total. The first-order chi connectivity index (χ1) is 8.80. The third-order valence-electron chi connectivity index (χ3n) is 1.97. The van der Waals surface area contributed by atoms with Crippen molar-refractivity contribution in [3.05, 3.63) is 23.3 Å². The molecule has 0 heterocycles. The lowest BCUT2D eigenvalue weighted by Gasteiger charge is -2.13. The van der Waals surface area contributed by atoms with Crippen LogP contribution in [0.3, 0.4) is 0 Å². The molecule has 0 unspecified atom stereocenters. The number of carbonyl (C=O) groups excluding carboxylic acids is 1. The van der Waals surface area contributed by atoms with Crippen LogP contribution >= 0.6 is 24.4 Å². The fourth-order valence-electron chi connectivity index (χ4n) is 1.25. The van der Waals surface area contributed by atoms with Crippen LogP contribution in [-0.4, -0.2) is 18.1 Å². The van der Waals surface area contributed by atoms with Crippen molar-refractivity contribution in [1.29, 1.82) is 5.26 Å². The van der Waals surface area contributed by atoms with Gasteiger partial charge in [0.2, 0.25) is 0 Å². The Kier molecular flexibility index (Phi) is 5.14. The van der Waals surface area contributed by atoms with Gasteiger partial charge in [0.15, 0.2) is 0 Å². The van der Waals surface area contributed by atoms with E-state index in [1.54, 1.807) is 13.0 Å². The van der Waals surface area contributed by atoms with Crippen LogP contribution in [0, 0.1) is 11.3 Å².